The molecule has 0 aliphatic rings. The van der Waals surface area contributed by atoms with Crippen LogP contribution in [0.2, 0.25) is 0 Å². The van der Waals surface area contributed by atoms with E-state index in [1.165, 1.54) is 0 Å². The molecule has 0 rings (SSSR count). The third-order valence-electron chi connectivity index (χ3n) is 0. The van der Waals surface area contributed by atoms with Crippen LogP contribution in [0.5, 0.6) is 0 Å². The van der Waals surface area contributed by atoms with Crippen LogP contribution in [0.25, 0.3) is 0 Å². The van der Waals surface area contributed by atoms with E-state index in [0.717, 1.165) is 5.88 Å². The van der Waals surface area contributed by atoms with Gasteiger partial charge in [-0.15, -0.1) is 11.6 Å². The molecule has 0 unspecified atom stereocenters. The Bertz CT molecular complexity index is 24.1. The van der Waals surface area contributed by atoms with Gasteiger partial charge in [-0.1, -0.05) is 6.92 Å². The van der Waals surface area contributed by atoms with Gasteiger partial charge in [0, 0.05) is 5.88 Å². The highest BCUT2D eigenvalue weighted by Crippen LogP contribution is 1.59. The Hall–Kier alpha value is 0.235. The molecule has 0 saturated carbocycles. The zero-order valence-corrected chi connectivity index (χ0v) is 4.76. The Morgan fingerprint density at radius 1 is 1.43 bits per heavy atom. The first-order valence-electron chi connectivity index (χ1n) is 1.75. The van der Waals surface area contributed by atoms with Crippen LogP contribution in [0.3, 0.4) is 0 Å². The van der Waals surface area contributed by atoms with Gasteiger partial charge in [-0.25, -0.2) is 0 Å². The normalized spacial score (nSPS) is 6.43. The van der Waals surface area contributed by atoms with E-state index < -0.39 is 7.32 Å². The lowest BCUT2D eigenvalue weighted by Gasteiger charge is -1.69. The van der Waals surface area contributed by atoms with Crippen LogP contribution in [-0.4, -0.2) is 28.3 Å². The minimum Gasteiger partial charge on any atom is -0.402 e. The molecule has 3 nitrogen and oxygen atoms in total. The average molecular weight is 126 g/mol. The quantitative estimate of drug-likeness (QED) is 0.294. The van der Waals surface area contributed by atoms with E-state index >= 15 is 0 Å². The molecule has 0 atom stereocenters. The fourth-order valence-corrected chi connectivity index (χ4v) is 0. The molecule has 3 N–H and O–H groups in total. The highest BCUT2D eigenvalue weighted by Gasteiger charge is 1.92. The van der Waals surface area contributed by atoms with E-state index in [2.05, 4.69) is 0 Å². The Morgan fingerprint density at radius 3 is 1.43 bits per heavy atom. The first-order valence-corrected chi connectivity index (χ1v) is 2.28. The summed E-state index contributed by atoms with van der Waals surface area (Å²) in [6.45, 7) is 1.89. The van der Waals surface area contributed by atoms with Crippen molar-refractivity contribution in [2.45, 2.75) is 6.92 Å². The first kappa shape index (κ1) is 10.3. The van der Waals surface area contributed by atoms with Gasteiger partial charge in [0.15, 0.2) is 0 Å². The molecule has 0 fully saturated rings. The molecule has 44 valence electrons. The van der Waals surface area contributed by atoms with Crippen molar-refractivity contribution < 1.29 is 15.1 Å². The third-order valence-corrected chi connectivity index (χ3v) is 0. The molecule has 0 spiro atoms. The Labute approximate surface area is 47.7 Å². The number of alkyl halides is 1. The van der Waals surface area contributed by atoms with E-state index in [1.807, 2.05) is 6.92 Å². The topological polar surface area (TPSA) is 60.7 Å². The number of hydrogen-bond donors (Lipinski definition) is 3. The van der Waals surface area contributed by atoms with Crippen LogP contribution in [0.1, 0.15) is 6.92 Å². The molecule has 0 aromatic rings. The maximum absolute atomic E-state index is 7.17. The third kappa shape index (κ3) is 2030. The van der Waals surface area contributed by atoms with Crippen LogP contribution in [0, 0.1) is 0 Å². The predicted molar refractivity (Wildman–Crippen MR) is 28.8 cm³/mol. The summed E-state index contributed by atoms with van der Waals surface area (Å²) in [6.07, 6.45) is 0. The van der Waals surface area contributed by atoms with Gasteiger partial charge < -0.3 is 15.1 Å². The van der Waals surface area contributed by atoms with Crippen molar-refractivity contribution >= 4 is 18.9 Å². The lowest BCUT2D eigenvalue weighted by molar-refractivity contribution is 0.278. The SMILES string of the molecule is CCCl.OB(O)O. The van der Waals surface area contributed by atoms with E-state index in [9.17, 15) is 0 Å². The molecule has 5 heteroatoms. The highest BCUT2D eigenvalue weighted by molar-refractivity contribution is 6.30. The molecule has 0 aliphatic carbocycles. The number of rotatable bonds is 0. The summed E-state index contributed by atoms with van der Waals surface area (Å²) >= 11 is 5.00. The van der Waals surface area contributed by atoms with Crippen molar-refractivity contribution in [3.63, 3.8) is 0 Å². The smallest absolute Gasteiger partial charge is 0.402 e. The summed E-state index contributed by atoms with van der Waals surface area (Å²) < 4.78 is 0. The first-order chi connectivity index (χ1) is 3.15. The summed E-state index contributed by atoms with van der Waals surface area (Å²) in [5.74, 6) is 0.722. The molecule has 0 heterocycles. The summed E-state index contributed by atoms with van der Waals surface area (Å²) in [5, 5.41) is 21.5. The summed E-state index contributed by atoms with van der Waals surface area (Å²) in [5.41, 5.74) is 0. The van der Waals surface area contributed by atoms with Crippen molar-refractivity contribution in [3.05, 3.63) is 0 Å². The van der Waals surface area contributed by atoms with Crippen LogP contribution < -0.4 is 0 Å². The van der Waals surface area contributed by atoms with Crippen LogP contribution in [-0.2, 0) is 0 Å². The predicted octanol–water partition coefficient (Wildman–Crippen LogP) is -0.807. The van der Waals surface area contributed by atoms with Crippen molar-refractivity contribution in [1.29, 1.82) is 0 Å². The minimum absolute atomic E-state index is 0.722. The molecule has 0 amide bonds. The molecule has 0 bridgehead atoms. The number of hydrogen-bond acceptors (Lipinski definition) is 3. The van der Waals surface area contributed by atoms with Gasteiger partial charge in [-0.05, 0) is 0 Å². The van der Waals surface area contributed by atoms with Crippen LogP contribution >= 0.6 is 11.6 Å². The molecule has 0 radical (unpaired) electrons. The van der Waals surface area contributed by atoms with Gasteiger partial charge >= 0.3 is 7.32 Å². The van der Waals surface area contributed by atoms with Gasteiger partial charge in [0.25, 0.3) is 0 Å². The lowest BCUT2D eigenvalue weighted by Crippen LogP contribution is -2.07. The fourth-order valence-electron chi connectivity index (χ4n) is 0. The van der Waals surface area contributed by atoms with Crippen molar-refractivity contribution in [3.8, 4) is 0 Å². The highest BCUT2D eigenvalue weighted by atomic mass is 35.5. The molecule has 7 heavy (non-hydrogen) atoms. The monoisotopic (exact) mass is 126 g/mol. The molecule has 0 aliphatic heterocycles. The van der Waals surface area contributed by atoms with Crippen LogP contribution in [0.4, 0.5) is 0 Å². The second-order valence-electron chi connectivity index (χ2n) is 0.614. The minimum atomic E-state index is -2.17. The zero-order chi connectivity index (χ0) is 6.28. The van der Waals surface area contributed by atoms with E-state index in [4.69, 9.17) is 26.7 Å². The van der Waals surface area contributed by atoms with Gasteiger partial charge in [-0.3, -0.25) is 0 Å². The summed E-state index contributed by atoms with van der Waals surface area (Å²) in [6, 6.07) is 0. The van der Waals surface area contributed by atoms with E-state index in [0.29, 0.717) is 0 Å². The van der Waals surface area contributed by atoms with Gasteiger partial charge in [0.1, 0.15) is 0 Å². The summed E-state index contributed by atoms with van der Waals surface area (Å²) in [4.78, 5) is 0. The van der Waals surface area contributed by atoms with Crippen molar-refractivity contribution in [2.24, 2.45) is 0 Å². The van der Waals surface area contributed by atoms with Crippen molar-refractivity contribution in [1.82, 2.24) is 0 Å². The molecule has 0 saturated heterocycles. The second kappa shape index (κ2) is 9.53. The average Bonchev–Trinajstić information content (AvgIpc) is 1.33. The maximum atomic E-state index is 7.17. The Kier molecular flexibility index (Phi) is 14.0. The second-order valence-corrected chi connectivity index (χ2v) is 1.15. The molecule has 0 aromatic carbocycles. The largest absolute Gasteiger partial charge is 0.631 e. The zero-order valence-electron chi connectivity index (χ0n) is 4.00. The van der Waals surface area contributed by atoms with Crippen molar-refractivity contribution in [2.75, 3.05) is 5.88 Å². The van der Waals surface area contributed by atoms with E-state index in [-0.39, 0.29) is 0 Å². The van der Waals surface area contributed by atoms with Gasteiger partial charge in [-0.2, -0.15) is 0 Å². The standard InChI is InChI=1S/C2H5Cl.BH3O3/c1-2-3;2-1(3)4/h2H2,1H3;2-4H. The Balaban J connectivity index is 0. The molecular formula is C2H8BClO3. The molecular weight excluding hydrogens is 118 g/mol. The van der Waals surface area contributed by atoms with Crippen LogP contribution in [0.15, 0.2) is 0 Å². The van der Waals surface area contributed by atoms with Gasteiger partial charge in [0.2, 0.25) is 0 Å². The Morgan fingerprint density at radius 2 is 1.43 bits per heavy atom. The summed E-state index contributed by atoms with van der Waals surface area (Å²) in [7, 11) is -2.17. The fraction of sp³-hybridized carbons (Fsp3) is 1.00. The lowest BCUT2D eigenvalue weighted by atomic mass is 10.3. The van der Waals surface area contributed by atoms with E-state index in [1.54, 1.807) is 0 Å². The maximum Gasteiger partial charge on any atom is 0.631 e. The molecule has 0 aromatic heterocycles. The number of halogens is 1. The van der Waals surface area contributed by atoms with Gasteiger partial charge in [0.05, 0.1) is 0 Å².